The quantitative estimate of drug-likeness (QED) is 0.181. The van der Waals surface area contributed by atoms with Gasteiger partial charge in [-0.15, -0.1) is 0 Å². The van der Waals surface area contributed by atoms with E-state index in [9.17, 15) is 0 Å². The van der Waals surface area contributed by atoms with E-state index in [2.05, 4.69) is 74.5 Å². The highest BCUT2D eigenvalue weighted by atomic mass is 16.3. The number of nitrogens with zero attached hydrogens (tertiary/aromatic N) is 5. The first-order chi connectivity index (χ1) is 25.5. The number of rotatable bonds is 5. The molecule has 10 rings (SSSR count). The van der Waals surface area contributed by atoms with Crippen LogP contribution >= 0.6 is 0 Å². The van der Waals surface area contributed by atoms with Gasteiger partial charge in [0.2, 0.25) is 0 Å². The van der Waals surface area contributed by atoms with E-state index in [1.165, 1.54) is 5.56 Å². The monoisotopic (exact) mass is 669 g/mol. The van der Waals surface area contributed by atoms with Gasteiger partial charge in [-0.3, -0.25) is 0 Å². The normalized spacial score (nSPS) is 13.0. The molecule has 0 amide bonds. The molecule has 6 heteroatoms. The van der Waals surface area contributed by atoms with Crippen LogP contribution in [-0.4, -0.2) is 24.9 Å². The Morgan fingerprint density at radius 3 is 1.54 bits per heavy atom. The Balaban J connectivity index is 1.18. The summed E-state index contributed by atoms with van der Waals surface area (Å²) >= 11 is 0. The van der Waals surface area contributed by atoms with Crippen LogP contribution in [0.4, 0.5) is 0 Å². The van der Waals surface area contributed by atoms with Gasteiger partial charge in [0.15, 0.2) is 23.3 Å². The van der Waals surface area contributed by atoms with Gasteiger partial charge < -0.3 is 4.42 Å². The fourth-order valence-corrected chi connectivity index (χ4v) is 7.70. The molecule has 0 aliphatic heterocycles. The van der Waals surface area contributed by atoms with E-state index in [4.69, 9.17) is 29.3 Å². The summed E-state index contributed by atoms with van der Waals surface area (Å²) in [5.74, 6) is 2.46. The largest absolute Gasteiger partial charge is 0.456 e. The fourth-order valence-electron chi connectivity index (χ4n) is 7.70. The van der Waals surface area contributed by atoms with Crippen molar-refractivity contribution in [3.05, 3.63) is 163 Å². The summed E-state index contributed by atoms with van der Waals surface area (Å²) in [7, 11) is 0. The number of furan rings is 1. The van der Waals surface area contributed by atoms with Crippen molar-refractivity contribution >= 4 is 21.9 Å². The summed E-state index contributed by atoms with van der Waals surface area (Å²) in [6.07, 6.45) is 0. The summed E-state index contributed by atoms with van der Waals surface area (Å²) in [6.45, 7) is 4.56. The molecule has 1 aliphatic rings. The zero-order chi connectivity index (χ0) is 34.8. The summed E-state index contributed by atoms with van der Waals surface area (Å²) in [5.41, 5.74) is 11.3. The lowest BCUT2D eigenvalue weighted by Gasteiger charge is -2.24. The summed E-state index contributed by atoms with van der Waals surface area (Å²) in [4.78, 5) is 25.6. The molecule has 0 unspecified atom stereocenters. The summed E-state index contributed by atoms with van der Waals surface area (Å²) in [5, 5.41) is 2.25. The zero-order valence-corrected chi connectivity index (χ0v) is 28.6. The summed E-state index contributed by atoms with van der Waals surface area (Å²) < 4.78 is 6.35. The molecule has 6 aromatic carbocycles. The van der Waals surface area contributed by atoms with E-state index in [0.717, 1.165) is 72.3 Å². The van der Waals surface area contributed by atoms with Gasteiger partial charge >= 0.3 is 0 Å². The minimum atomic E-state index is -0.394. The highest BCUT2D eigenvalue weighted by Gasteiger charge is 2.42. The Bertz CT molecular complexity index is 2750. The Morgan fingerprint density at radius 2 is 0.904 bits per heavy atom. The van der Waals surface area contributed by atoms with Crippen LogP contribution in [0.2, 0.25) is 0 Å². The maximum atomic E-state index is 6.35. The maximum Gasteiger partial charge on any atom is 0.164 e. The van der Waals surface area contributed by atoms with Crippen molar-refractivity contribution in [2.24, 2.45) is 0 Å². The number of aromatic nitrogens is 5. The molecule has 3 aromatic heterocycles. The molecule has 0 atom stereocenters. The zero-order valence-electron chi connectivity index (χ0n) is 28.6. The molecule has 0 N–H and O–H groups in total. The Hall–Kier alpha value is -6.79. The molecule has 0 radical (unpaired) electrons. The average Bonchev–Trinajstić information content (AvgIpc) is 3.70. The van der Waals surface area contributed by atoms with E-state index < -0.39 is 5.41 Å². The highest BCUT2D eigenvalue weighted by Crippen LogP contribution is 2.55. The molecule has 9 aromatic rings. The Morgan fingerprint density at radius 1 is 0.404 bits per heavy atom. The second-order valence-corrected chi connectivity index (χ2v) is 13.7. The molecule has 0 bridgehead atoms. The van der Waals surface area contributed by atoms with Crippen molar-refractivity contribution in [3.63, 3.8) is 0 Å². The minimum Gasteiger partial charge on any atom is -0.456 e. The van der Waals surface area contributed by atoms with Crippen LogP contribution in [-0.2, 0) is 5.41 Å². The van der Waals surface area contributed by atoms with Crippen molar-refractivity contribution in [1.82, 2.24) is 24.9 Å². The molecule has 0 saturated heterocycles. The minimum absolute atomic E-state index is 0.394. The van der Waals surface area contributed by atoms with Crippen LogP contribution in [0.25, 0.3) is 90.0 Å². The third kappa shape index (κ3) is 4.76. The first-order valence-electron chi connectivity index (χ1n) is 17.4. The predicted molar refractivity (Wildman–Crippen MR) is 207 cm³/mol. The predicted octanol–water partition coefficient (Wildman–Crippen LogP) is 11.2. The Kier molecular flexibility index (Phi) is 6.73. The first-order valence-corrected chi connectivity index (χ1v) is 17.4. The van der Waals surface area contributed by atoms with Gasteiger partial charge in [0.25, 0.3) is 0 Å². The highest BCUT2D eigenvalue weighted by molar-refractivity contribution is 6.11. The molecule has 0 fully saturated rings. The molecule has 3 heterocycles. The third-order valence-electron chi connectivity index (χ3n) is 10.1. The van der Waals surface area contributed by atoms with Crippen LogP contribution in [0, 0.1) is 0 Å². The van der Waals surface area contributed by atoms with Crippen LogP contribution in [0.5, 0.6) is 0 Å². The average molecular weight is 670 g/mol. The second-order valence-electron chi connectivity index (χ2n) is 13.7. The van der Waals surface area contributed by atoms with Gasteiger partial charge in [0, 0.05) is 55.1 Å². The lowest BCUT2D eigenvalue weighted by molar-refractivity contribution is 0.655. The molecule has 1 aliphatic carbocycles. The van der Waals surface area contributed by atoms with Gasteiger partial charge in [-0.1, -0.05) is 141 Å². The molecular formula is C46H31N5O. The van der Waals surface area contributed by atoms with E-state index >= 15 is 0 Å². The standard InChI is InChI=1S/C46H31N5O/c1-46(2)38-34(25-26-36-37(38)33-23-12-13-24-35(33)52-36)41-39(46)40(28-15-6-3-7-16-28)47-44(48-41)31-21-14-22-32(27-31)45-50-42(29-17-8-4-9-18-29)49-43(51-45)30-19-10-5-11-20-30/h3-27H,1-2H3. The summed E-state index contributed by atoms with van der Waals surface area (Å²) in [6, 6.07) is 51.2. The number of hydrogen-bond donors (Lipinski definition) is 0. The van der Waals surface area contributed by atoms with Crippen molar-refractivity contribution in [2.45, 2.75) is 19.3 Å². The van der Waals surface area contributed by atoms with Gasteiger partial charge in [-0.25, -0.2) is 24.9 Å². The SMILES string of the molecule is CC1(C)c2c(-c3ccccc3)nc(-c3cccc(-c4nc(-c5ccccc5)nc(-c5ccccc5)n4)c3)nc2-c2ccc3oc4ccccc4c3c21. The van der Waals surface area contributed by atoms with E-state index in [-0.39, 0.29) is 0 Å². The molecule has 6 nitrogen and oxygen atoms in total. The molecule has 246 valence electrons. The van der Waals surface area contributed by atoms with Crippen molar-refractivity contribution in [3.8, 4) is 68.1 Å². The van der Waals surface area contributed by atoms with Gasteiger partial charge in [0.1, 0.15) is 11.2 Å². The maximum absolute atomic E-state index is 6.35. The van der Waals surface area contributed by atoms with Crippen molar-refractivity contribution in [1.29, 1.82) is 0 Å². The lowest BCUT2D eigenvalue weighted by Crippen LogP contribution is -2.18. The van der Waals surface area contributed by atoms with Gasteiger partial charge in [0.05, 0.1) is 11.4 Å². The van der Waals surface area contributed by atoms with Gasteiger partial charge in [-0.05, 0) is 29.8 Å². The first kappa shape index (κ1) is 30.1. The molecule has 0 saturated carbocycles. The van der Waals surface area contributed by atoms with Crippen LogP contribution in [0.3, 0.4) is 0 Å². The van der Waals surface area contributed by atoms with E-state index in [1.54, 1.807) is 0 Å². The van der Waals surface area contributed by atoms with Crippen molar-refractivity contribution in [2.75, 3.05) is 0 Å². The van der Waals surface area contributed by atoms with Crippen LogP contribution < -0.4 is 0 Å². The number of fused-ring (bicyclic) bond motifs is 7. The number of hydrogen-bond acceptors (Lipinski definition) is 6. The number of benzene rings is 6. The van der Waals surface area contributed by atoms with Crippen molar-refractivity contribution < 1.29 is 4.42 Å². The number of para-hydroxylation sites is 1. The topological polar surface area (TPSA) is 77.6 Å². The molecular weight excluding hydrogens is 639 g/mol. The smallest absolute Gasteiger partial charge is 0.164 e. The lowest BCUT2D eigenvalue weighted by atomic mass is 9.79. The van der Waals surface area contributed by atoms with Gasteiger partial charge in [-0.2, -0.15) is 0 Å². The Labute approximate surface area is 300 Å². The third-order valence-corrected chi connectivity index (χ3v) is 10.1. The molecule has 0 spiro atoms. The van der Waals surface area contributed by atoms with E-state index in [1.807, 2.05) is 91.0 Å². The fraction of sp³-hybridized carbons (Fsp3) is 0.0652. The van der Waals surface area contributed by atoms with E-state index in [0.29, 0.717) is 23.3 Å². The van der Waals surface area contributed by atoms with Crippen LogP contribution in [0.1, 0.15) is 25.0 Å². The molecule has 52 heavy (non-hydrogen) atoms. The second kappa shape index (κ2) is 11.6. The van der Waals surface area contributed by atoms with Crippen LogP contribution in [0.15, 0.2) is 156 Å².